The summed E-state index contributed by atoms with van der Waals surface area (Å²) in [5, 5.41) is 3.86. The summed E-state index contributed by atoms with van der Waals surface area (Å²) in [6.45, 7) is 5.67. The zero-order chi connectivity index (χ0) is 17.8. The van der Waals surface area contributed by atoms with Gasteiger partial charge in [-0.3, -0.25) is 9.98 Å². The van der Waals surface area contributed by atoms with Crippen LogP contribution in [0.3, 0.4) is 0 Å². The van der Waals surface area contributed by atoms with E-state index in [-0.39, 0.29) is 11.6 Å². The normalized spacial score (nSPS) is 15.5. The van der Waals surface area contributed by atoms with Crippen molar-refractivity contribution < 1.29 is 8.78 Å². The topological polar surface area (TPSA) is 37.3 Å². The number of aromatic nitrogens is 1. The van der Waals surface area contributed by atoms with Crippen LogP contribution in [-0.4, -0.2) is 16.4 Å². The lowest BCUT2D eigenvalue weighted by atomic mass is 9.93. The van der Waals surface area contributed by atoms with Gasteiger partial charge in [0.25, 0.3) is 0 Å². The molecule has 2 aromatic carbocycles. The lowest BCUT2D eigenvalue weighted by Crippen LogP contribution is -2.35. The molecule has 0 unspecified atom stereocenters. The first-order valence-corrected chi connectivity index (χ1v) is 8.08. The van der Waals surface area contributed by atoms with Gasteiger partial charge in [-0.1, -0.05) is 24.3 Å². The fraction of sp³-hybridized carbons (Fsp3) is 0.200. The molecule has 0 bridgehead atoms. The highest BCUT2D eigenvalue weighted by Crippen LogP contribution is 2.34. The molecule has 3 aromatic rings. The van der Waals surface area contributed by atoms with Crippen molar-refractivity contribution in [2.24, 2.45) is 4.99 Å². The molecule has 126 valence electrons. The minimum absolute atomic E-state index is 0.324. The Bertz CT molecular complexity index is 1040. The molecule has 5 heteroatoms. The van der Waals surface area contributed by atoms with Gasteiger partial charge in [-0.2, -0.15) is 0 Å². The van der Waals surface area contributed by atoms with Gasteiger partial charge in [0, 0.05) is 22.7 Å². The Morgan fingerprint density at radius 1 is 0.960 bits per heavy atom. The summed E-state index contributed by atoms with van der Waals surface area (Å²) in [6.07, 6.45) is 1.62. The number of rotatable bonds is 1. The van der Waals surface area contributed by atoms with Crippen molar-refractivity contribution in [2.75, 3.05) is 5.32 Å². The van der Waals surface area contributed by atoms with E-state index in [4.69, 9.17) is 4.99 Å². The van der Waals surface area contributed by atoms with Crippen molar-refractivity contribution in [1.82, 2.24) is 4.98 Å². The summed E-state index contributed by atoms with van der Waals surface area (Å²) in [5.41, 5.74) is 3.09. The van der Waals surface area contributed by atoms with Crippen molar-refractivity contribution in [3.63, 3.8) is 0 Å². The molecule has 0 radical (unpaired) electrons. The summed E-state index contributed by atoms with van der Waals surface area (Å²) < 4.78 is 28.3. The Morgan fingerprint density at radius 2 is 1.68 bits per heavy atom. The van der Waals surface area contributed by atoms with Gasteiger partial charge in [0.15, 0.2) is 0 Å². The van der Waals surface area contributed by atoms with Crippen LogP contribution in [-0.2, 0) is 0 Å². The van der Waals surface area contributed by atoms with Crippen molar-refractivity contribution in [1.29, 1.82) is 0 Å². The Morgan fingerprint density at radius 3 is 2.48 bits per heavy atom. The van der Waals surface area contributed by atoms with Crippen molar-refractivity contribution in [2.45, 2.75) is 26.4 Å². The summed E-state index contributed by atoms with van der Waals surface area (Å²) >= 11 is 0. The smallest absolute Gasteiger partial charge is 0.149 e. The summed E-state index contributed by atoms with van der Waals surface area (Å²) in [7, 11) is 0. The number of anilines is 1. The predicted molar refractivity (Wildman–Crippen MR) is 96.2 cm³/mol. The first kappa shape index (κ1) is 15.7. The zero-order valence-electron chi connectivity index (χ0n) is 14.2. The molecule has 25 heavy (non-hydrogen) atoms. The maximum atomic E-state index is 14.3. The highest BCUT2D eigenvalue weighted by Gasteiger charge is 2.29. The number of hydrogen-bond donors (Lipinski definition) is 1. The lowest BCUT2D eigenvalue weighted by molar-refractivity contribution is 0.574. The maximum Gasteiger partial charge on any atom is 0.149 e. The number of nitrogens with zero attached hydrogens (tertiary/aromatic N) is 2. The van der Waals surface area contributed by atoms with Gasteiger partial charge in [0.05, 0.1) is 11.4 Å². The fourth-order valence-electron chi connectivity index (χ4n) is 3.29. The molecule has 1 N–H and O–H groups in total. The van der Waals surface area contributed by atoms with Crippen LogP contribution in [0, 0.1) is 18.6 Å². The number of para-hydroxylation sites is 2. The molecule has 2 heterocycles. The van der Waals surface area contributed by atoms with Crippen molar-refractivity contribution in [3.8, 4) is 0 Å². The number of benzene rings is 2. The summed E-state index contributed by atoms with van der Waals surface area (Å²) in [4.78, 5) is 9.05. The number of aryl methyl sites for hydroxylation is 1. The number of fused-ring (bicyclic) bond motifs is 2. The molecule has 0 saturated carbocycles. The predicted octanol–water partition coefficient (Wildman–Crippen LogP) is 4.82. The second kappa shape index (κ2) is 5.34. The third-order valence-corrected chi connectivity index (χ3v) is 4.46. The molecule has 0 atom stereocenters. The van der Waals surface area contributed by atoms with E-state index < -0.39 is 5.66 Å². The van der Waals surface area contributed by atoms with Crippen LogP contribution in [0.15, 0.2) is 47.6 Å². The molecular formula is C20H17F2N3. The van der Waals surface area contributed by atoms with Gasteiger partial charge in [-0.05, 0) is 38.5 Å². The maximum absolute atomic E-state index is 14.3. The standard InChI is InChI=1S/C20H17F2N3/c1-11-12-6-4-8-15(21)18(12)23-10-14(11)17-13-7-5-9-16(22)19(13)25-20(2,3)24-17/h4-10,25H,1-3H3. The summed E-state index contributed by atoms with van der Waals surface area (Å²) in [6, 6.07) is 9.80. The van der Waals surface area contributed by atoms with Gasteiger partial charge >= 0.3 is 0 Å². The zero-order valence-corrected chi connectivity index (χ0v) is 14.2. The second-order valence-corrected chi connectivity index (χ2v) is 6.74. The number of aliphatic imine (C=N–C) groups is 1. The van der Waals surface area contributed by atoms with Gasteiger partial charge in [-0.25, -0.2) is 8.78 Å². The summed E-state index contributed by atoms with van der Waals surface area (Å²) in [5.74, 6) is -0.679. The highest BCUT2D eigenvalue weighted by molar-refractivity contribution is 6.18. The van der Waals surface area contributed by atoms with E-state index in [2.05, 4.69) is 10.3 Å². The van der Waals surface area contributed by atoms with Crippen LogP contribution < -0.4 is 5.32 Å². The highest BCUT2D eigenvalue weighted by atomic mass is 19.1. The second-order valence-electron chi connectivity index (χ2n) is 6.74. The molecule has 0 saturated heterocycles. The molecule has 0 aliphatic carbocycles. The first-order chi connectivity index (χ1) is 11.9. The Labute approximate surface area is 144 Å². The number of pyridine rings is 1. The molecule has 1 aliphatic heterocycles. The third kappa shape index (κ3) is 2.47. The monoisotopic (exact) mass is 337 g/mol. The van der Waals surface area contributed by atoms with Crippen LogP contribution in [0.5, 0.6) is 0 Å². The Balaban J connectivity index is 2.01. The molecule has 3 nitrogen and oxygen atoms in total. The van der Waals surface area contributed by atoms with Gasteiger partial charge in [0.2, 0.25) is 0 Å². The molecule has 0 spiro atoms. The van der Waals surface area contributed by atoms with Crippen LogP contribution in [0.4, 0.5) is 14.5 Å². The van der Waals surface area contributed by atoms with Crippen LogP contribution >= 0.6 is 0 Å². The minimum atomic E-state index is -0.659. The van der Waals surface area contributed by atoms with E-state index in [1.165, 1.54) is 12.1 Å². The SMILES string of the molecule is Cc1c(C2=NC(C)(C)Nc3c(F)cccc32)cnc2c(F)cccc12. The van der Waals surface area contributed by atoms with E-state index in [9.17, 15) is 8.78 Å². The Kier molecular flexibility index (Phi) is 3.35. The van der Waals surface area contributed by atoms with Gasteiger partial charge in [0.1, 0.15) is 22.8 Å². The Hall–Kier alpha value is -2.82. The molecule has 0 amide bonds. The number of halogens is 2. The number of nitrogens with one attached hydrogen (secondary N) is 1. The van der Waals surface area contributed by atoms with Crippen LogP contribution in [0.2, 0.25) is 0 Å². The minimum Gasteiger partial charge on any atom is -0.359 e. The van der Waals surface area contributed by atoms with E-state index in [1.54, 1.807) is 18.3 Å². The van der Waals surface area contributed by atoms with Gasteiger partial charge < -0.3 is 5.32 Å². The van der Waals surface area contributed by atoms with E-state index in [1.807, 2.05) is 32.9 Å². The molecule has 4 rings (SSSR count). The number of hydrogen-bond acceptors (Lipinski definition) is 3. The molecular weight excluding hydrogens is 320 g/mol. The van der Waals surface area contributed by atoms with Crippen molar-refractivity contribution in [3.05, 3.63) is 70.9 Å². The van der Waals surface area contributed by atoms with Gasteiger partial charge in [-0.15, -0.1) is 0 Å². The molecule has 1 aromatic heterocycles. The average Bonchev–Trinajstić information content (AvgIpc) is 2.56. The quantitative estimate of drug-likeness (QED) is 0.691. The molecule has 1 aliphatic rings. The van der Waals surface area contributed by atoms with E-state index >= 15 is 0 Å². The first-order valence-electron chi connectivity index (χ1n) is 8.08. The fourth-order valence-corrected chi connectivity index (χ4v) is 3.29. The van der Waals surface area contributed by atoms with E-state index in [0.29, 0.717) is 22.5 Å². The largest absolute Gasteiger partial charge is 0.359 e. The average molecular weight is 337 g/mol. The van der Waals surface area contributed by atoms with E-state index in [0.717, 1.165) is 16.5 Å². The van der Waals surface area contributed by atoms with Crippen molar-refractivity contribution >= 4 is 22.3 Å². The molecule has 0 fully saturated rings. The van der Waals surface area contributed by atoms with Crippen LogP contribution in [0.25, 0.3) is 10.9 Å². The third-order valence-electron chi connectivity index (χ3n) is 4.46. The van der Waals surface area contributed by atoms with Crippen LogP contribution in [0.1, 0.15) is 30.5 Å². The lowest BCUT2D eigenvalue weighted by Gasteiger charge is -2.32.